The molecule has 1 aliphatic heterocycles. The van der Waals surface area contributed by atoms with Gasteiger partial charge in [0.1, 0.15) is 5.82 Å². The van der Waals surface area contributed by atoms with E-state index in [0.717, 1.165) is 37.3 Å². The van der Waals surface area contributed by atoms with Crippen LogP contribution in [0.5, 0.6) is 0 Å². The van der Waals surface area contributed by atoms with Crippen LogP contribution in [0.3, 0.4) is 0 Å². The number of nitrogens with two attached hydrogens (primary N) is 1. The quantitative estimate of drug-likeness (QED) is 0.833. The van der Waals surface area contributed by atoms with Gasteiger partial charge in [0.15, 0.2) is 0 Å². The SMILES string of the molecule is Cc1nn(C)c(N)c1COC1CCOCC1. The van der Waals surface area contributed by atoms with Gasteiger partial charge in [-0.3, -0.25) is 4.68 Å². The third-order valence-electron chi connectivity index (χ3n) is 3.03. The van der Waals surface area contributed by atoms with E-state index in [-0.39, 0.29) is 0 Å². The van der Waals surface area contributed by atoms with Gasteiger partial charge in [0.2, 0.25) is 0 Å². The van der Waals surface area contributed by atoms with Crippen molar-refractivity contribution in [1.82, 2.24) is 9.78 Å². The lowest BCUT2D eigenvalue weighted by atomic mass is 10.1. The van der Waals surface area contributed by atoms with E-state index in [2.05, 4.69) is 5.10 Å². The van der Waals surface area contributed by atoms with Crippen LogP contribution in [0.15, 0.2) is 0 Å². The molecule has 0 saturated carbocycles. The first-order valence-electron chi connectivity index (χ1n) is 5.65. The summed E-state index contributed by atoms with van der Waals surface area (Å²) in [7, 11) is 1.85. The second kappa shape index (κ2) is 4.84. The molecular weight excluding hydrogens is 206 g/mol. The van der Waals surface area contributed by atoms with E-state index in [1.807, 2.05) is 14.0 Å². The predicted octanol–water partition coefficient (Wildman–Crippen LogP) is 1.01. The number of anilines is 1. The van der Waals surface area contributed by atoms with E-state index in [1.54, 1.807) is 4.68 Å². The molecule has 1 fully saturated rings. The van der Waals surface area contributed by atoms with Gasteiger partial charge in [-0.05, 0) is 19.8 Å². The van der Waals surface area contributed by atoms with Crippen molar-refractivity contribution in [2.45, 2.75) is 32.5 Å². The zero-order chi connectivity index (χ0) is 11.5. The molecule has 0 amide bonds. The Kier molecular flexibility index (Phi) is 3.46. The Hall–Kier alpha value is -1.07. The van der Waals surface area contributed by atoms with E-state index in [4.69, 9.17) is 15.2 Å². The van der Waals surface area contributed by atoms with Crippen molar-refractivity contribution in [2.75, 3.05) is 18.9 Å². The van der Waals surface area contributed by atoms with E-state index in [9.17, 15) is 0 Å². The van der Waals surface area contributed by atoms with Crippen molar-refractivity contribution in [3.8, 4) is 0 Å². The minimum absolute atomic E-state index is 0.299. The zero-order valence-corrected chi connectivity index (χ0v) is 9.90. The maximum absolute atomic E-state index is 5.91. The van der Waals surface area contributed by atoms with Crippen LogP contribution >= 0.6 is 0 Å². The van der Waals surface area contributed by atoms with Gasteiger partial charge >= 0.3 is 0 Å². The molecule has 1 saturated heterocycles. The summed E-state index contributed by atoms with van der Waals surface area (Å²) in [6, 6.07) is 0. The second-order valence-corrected chi connectivity index (χ2v) is 4.20. The number of aromatic nitrogens is 2. The number of nitrogens with zero attached hydrogens (tertiary/aromatic N) is 2. The van der Waals surface area contributed by atoms with Crippen LogP contribution in [0.2, 0.25) is 0 Å². The van der Waals surface area contributed by atoms with Gasteiger partial charge in [0.25, 0.3) is 0 Å². The molecule has 16 heavy (non-hydrogen) atoms. The zero-order valence-electron chi connectivity index (χ0n) is 9.90. The Labute approximate surface area is 95.5 Å². The summed E-state index contributed by atoms with van der Waals surface area (Å²) in [6.45, 7) is 4.10. The van der Waals surface area contributed by atoms with Gasteiger partial charge in [0.05, 0.1) is 18.4 Å². The number of aryl methyl sites for hydroxylation is 2. The molecule has 1 aromatic rings. The lowest BCUT2D eigenvalue weighted by Crippen LogP contribution is -2.23. The molecule has 0 atom stereocenters. The lowest BCUT2D eigenvalue weighted by molar-refractivity contribution is -0.0390. The van der Waals surface area contributed by atoms with Crippen LogP contribution in [0.25, 0.3) is 0 Å². The van der Waals surface area contributed by atoms with Gasteiger partial charge in [-0.15, -0.1) is 0 Å². The summed E-state index contributed by atoms with van der Waals surface area (Å²) in [5.74, 6) is 0.699. The van der Waals surface area contributed by atoms with Gasteiger partial charge in [-0.2, -0.15) is 5.10 Å². The van der Waals surface area contributed by atoms with Crippen molar-refractivity contribution in [2.24, 2.45) is 7.05 Å². The first kappa shape index (κ1) is 11.4. The van der Waals surface area contributed by atoms with E-state index >= 15 is 0 Å². The maximum atomic E-state index is 5.91. The minimum Gasteiger partial charge on any atom is -0.384 e. The maximum Gasteiger partial charge on any atom is 0.127 e. The van der Waals surface area contributed by atoms with Gasteiger partial charge < -0.3 is 15.2 Å². The molecule has 2 rings (SSSR count). The predicted molar refractivity (Wildman–Crippen MR) is 61.0 cm³/mol. The molecule has 5 nitrogen and oxygen atoms in total. The third kappa shape index (κ3) is 2.36. The first-order chi connectivity index (χ1) is 7.68. The topological polar surface area (TPSA) is 62.3 Å². The van der Waals surface area contributed by atoms with E-state index < -0.39 is 0 Å². The Balaban J connectivity index is 1.93. The van der Waals surface area contributed by atoms with Crippen molar-refractivity contribution in [1.29, 1.82) is 0 Å². The highest BCUT2D eigenvalue weighted by Gasteiger charge is 2.16. The standard InChI is InChI=1S/C11H19N3O2/c1-8-10(11(12)14(2)13-8)7-16-9-3-5-15-6-4-9/h9H,3-7,12H2,1-2H3. The number of hydrogen-bond acceptors (Lipinski definition) is 4. The average molecular weight is 225 g/mol. The summed E-state index contributed by atoms with van der Waals surface area (Å²) in [5, 5.41) is 4.26. The molecule has 2 heterocycles. The highest BCUT2D eigenvalue weighted by atomic mass is 16.5. The monoisotopic (exact) mass is 225 g/mol. The molecule has 0 radical (unpaired) electrons. The van der Waals surface area contributed by atoms with Crippen LogP contribution in [-0.2, 0) is 23.1 Å². The molecule has 1 aromatic heterocycles. The molecule has 0 spiro atoms. The highest BCUT2D eigenvalue weighted by molar-refractivity contribution is 5.42. The number of rotatable bonds is 3. The molecule has 1 aliphatic rings. The summed E-state index contributed by atoms with van der Waals surface area (Å²) in [5.41, 5.74) is 7.87. The lowest BCUT2D eigenvalue weighted by Gasteiger charge is -2.22. The Bertz CT molecular complexity index is 356. The molecule has 90 valence electrons. The van der Waals surface area contributed by atoms with Crippen molar-refractivity contribution < 1.29 is 9.47 Å². The van der Waals surface area contributed by atoms with E-state index in [1.165, 1.54) is 0 Å². The first-order valence-corrected chi connectivity index (χ1v) is 5.65. The molecule has 2 N–H and O–H groups in total. The summed E-state index contributed by atoms with van der Waals surface area (Å²) < 4.78 is 12.8. The molecule has 0 aliphatic carbocycles. The summed E-state index contributed by atoms with van der Waals surface area (Å²) in [4.78, 5) is 0. The average Bonchev–Trinajstić information content (AvgIpc) is 2.53. The highest BCUT2D eigenvalue weighted by Crippen LogP contribution is 2.19. The van der Waals surface area contributed by atoms with E-state index in [0.29, 0.717) is 18.5 Å². The minimum atomic E-state index is 0.299. The fourth-order valence-corrected chi connectivity index (χ4v) is 1.94. The van der Waals surface area contributed by atoms with Gasteiger partial charge in [-0.25, -0.2) is 0 Å². The van der Waals surface area contributed by atoms with Crippen LogP contribution < -0.4 is 5.73 Å². The normalized spacial score (nSPS) is 17.9. The number of ether oxygens (including phenoxy) is 2. The fourth-order valence-electron chi connectivity index (χ4n) is 1.94. The largest absolute Gasteiger partial charge is 0.384 e. The van der Waals surface area contributed by atoms with Crippen molar-refractivity contribution in [3.63, 3.8) is 0 Å². The van der Waals surface area contributed by atoms with Crippen molar-refractivity contribution in [3.05, 3.63) is 11.3 Å². The summed E-state index contributed by atoms with van der Waals surface area (Å²) in [6.07, 6.45) is 2.24. The molecule has 0 aromatic carbocycles. The van der Waals surface area contributed by atoms with Crippen LogP contribution in [0.1, 0.15) is 24.1 Å². The number of hydrogen-bond donors (Lipinski definition) is 1. The fraction of sp³-hybridized carbons (Fsp3) is 0.727. The van der Waals surface area contributed by atoms with Crippen LogP contribution in [0.4, 0.5) is 5.82 Å². The molecule has 0 bridgehead atoms. The van der Waals surface area contributed by atoms with Crippen LogP contribution in [0, 0.1) is 6.92 Å². The second-order valence-electron chi connectivity index (χ2n) is 4.20. The van der Waals surface area contributed by atoms with Crippen molar-refractivity contribution >= 4 is 5.82 Å². The third-order valence-corrected chi connectivity index (χ3v) is 3.03. The summed E-state index contributed by atoms with van der Waals surface area (Å²) >= 11 is 0. The number of nitrogen functional groups attached to an aromatic ring is 1. The molecule has 5 heteroatoms. The smallest absolute Gasteiger partial charge is 0.127 e. The Morgan fingerprint density at radius 2 is 2.19 bits per heavy atom. The van der Waals surface area contributed by atoms with Gasteiger partial charge in [0, 0.05) is 25.8 Å². The molecular formula is C11H19N3O2. The molecule has 0 unspecified atom stereocenters. The Morgan fingerprint density at radius 1 is 1.50 bits per heavy atom. The van der Waals surface area contributed by atoms with Crippen LogP contribution in [-0.4, -0.2) is 29.1 Å². The Morgan fingerprint density at radius 3 is 2.75 bits per heavy atom. The van der Waals surface area contributed by atoms with Gasteiger partial charge in [-0.1, -0.05) is 0 Å².